The number of hydrogen-bond acceptors (Lipinski definition) is 6. The summed E-state index contributed by atoms with van der Waals surface area (Å²) in [5.41, 5.74) is 4.05. The number of rotatable bonds is 5. The van der Waals surface area contributed by atoms with E-state index in [-0.39, 0.29) is 5.60 Å². The topological polar surface area (TPSA) is 99.4 Å². The molecule has 3 aliphatic rings. The van der Waals surface area contributed by atoms with Crippen molar-refractivity contribution in [3.63, 3.8) is 0 Å². The summed E-state index contributed by atoms with van der Waals surface area (Å²) in [5.74, 6) is 0.449. The maximum Gasteiger partial charge on any atom is 0.113 e. The average molecular weight is 489 g/mol. The molecule has 3 fully saturated rings. The van der Waals surface area contributed by atoms with Crippen LogP contribution >= 0.6 is 11.6 Å². The number of benzene rings is 2. The van der Waals surface area contributed by atoms with E-state index in [0.717, 1.165) is 24.2 Å². The van der Waals surface area contributed by atoms with Gasteiger partial charge in [-0.05, 0) is 54.0 Å². The fraction of sp³-hybridized carbons (Fsp3) is 0.556. The van der Waals surface area contributed by atoms with E-state index in [1.807, 2.05) is 6.07 Å². The third kappa shape index (κ3) is 4.65. The average Bonchev–Trinajstić information content (AvgIpc) is 3.49. The standard InChI is InChI=1S/C27H33ClO6/c28-21-8-7-18(26-25(32)24(31)23(30)22(14-29)34-26)12-19(21)11-16-3-5-17(6-4-16)20-13-27(33-15-20)9-1-2-10-27/h3-8,12,20,22-26,29-32H,1-2,9-11,13-15H2/t20?,22-,23-,24+,25-,26-/m1/s1. The van der Waals surface area contributed by atoms with Crippen molar-refractivity contribution in [1.82, 2.24) is 0 Å². The predicted molar refractivity (Wildman–Crippen MR) is 128 cm³/mol. The van der Waals surface area contributed by atoms with E-state index in [1.165, 1.54) is 31.2 Å². The number of aliphatic hydroxyl groups is 4. The second kappa shape index (κ2) is 9.86. The highest BCUT2D eigenvalue weighted by atomic mass is 35.5. The minimum Gasteiger partial charge on any atom is -0.394 e. The molecule has 6 atom stereocenters. The van der Waals surface area contributed by atoms with Crippen molar-refractivity contribution < 1.29 is 29.9 Å². The number of hydrogen-bond donors (Lipinski definition) is 4. The van der Waals surface area contributed by atoms with Gasteiger partial charge < -0.3 is 29.9 Å². The fourth-order valence-corrected chi connectivity index (χ4v) is 6.02. The van der Waals surface area contributed by atoms with Crippen LogP contribution < -0.4 is 0 Å². The van der Waals surface area contributed by atoms with Gasteiger partial charge in [-0.25, -0.2) is 0 Å². The van der Waals surface area contributed by atoms with Crippen LogP contribution in [0.25, 0.3) is 0 Å². The highest BCUT2D eigenvalue weighted by molar-refractivity contribution is 6.31. The molecule has 0 aromatic heterocycles. The minimum absolute atomic E-state index is 0.113. The highest BCUT2D eigenvalue weighted by Gasteiger charge is 2.44. The summed E-state index contributed by atoms with van der Waals surface area (Å²) in [4.78, 5) is 0. The molecule has 0 amide bonds. The van der Waals surface area contributed by atoms with Crippen LogP contribution in [-0.4, -0.2) is 63.7 Å². The smallest absolute Gasteiger partial charge is 0.113 e. The molecule has 6 nitrogen and oxygen atoms in total. The predicted octanol–water partition coefficient (Wildman–Crippen LogP) is 3.26. The minimum atomic E-state index is -1.41. The summed E-state index contributed by atoms with van der Waals surface area (Å²) < 4.78 is 11.9. The Bertz CT molecular complexity index is 987. The molecule has 2 aromatic rings. The molecule has 34 heavy (non-hydrogen) atoms. The van der Waals surface area contributed by atoms with Crippen LogP contribution in [0.15, 0.2) is 42.5 Å². The lowest BCUT2D eigenvalue weighted by atomic mass is 9.87. The van der Waals surface area contributed by atoms with Crippen LogP contribution in [0.2, 0.25) is 5.02 Å². The molecule has 1 spiro atoms. The first kappa shape index (κ1) is 24.2. The summed E-state index contributed by atoms with van der Waals surface area (Å²) in [6.07, 6.45) is 0.703. The van der Waals surface area contributed by atoms with E-state index in [0.29, 0.717) is 22.9 Å². The molecule has 4 N–H and O–H groups in total. The summed E-state index contributed by atoms with van der Waals surface area (Å²) in [5, 5.41) is 40.8. The van der Waals surface area contributed by atoms with Gasteiger partial charge in [0, 0.05) is 10.9 Å². The lowest BCUT2D eigenvalue weighted by molar-refractivity contribution is -0.231. The summed E-state index contributed by atoms with van der Waals surface area (Å²) >= 11 is 6.48. The summed E-state index contributed by atoms with van der Waals surface area (Å²) in [6, 6.07) is 14.0. The van der Waals surface area contributed by atoms with E-state index in [2.05, 4.69) is 24.3 Å². The second-order valence-corrected chi connectivity index (χ2v) is 10.5. The van der Waals surface area contributed by atoms with E-state index >= 15 is 0 Å². The fourth-order valence-electron chi connectivity index (χ4n) is 5.84. The van der Waals surface area contributed by atoms with Crippen molar-refractivity contribution in [3.05, 3.63) is 69.7 Å². The quantitative estimate of drug-likeness (QED) is 0.515. The van der Waals surface area contributed by atoms with Gasteiger partial charge in [-0.2, -0.15) is 0 Å². The zero-order chi connectivity index (χ0) is 23.9. The first-order valence-corrected chi connectivity index (χ1v) is 12.6. The second-order valence-electron chi connectivity index (χ2n) is 10.1. The van der Waals surface area contributed by atoms with Crippen molar-refractivity contribution >= 4 is 11.6 Å². The van der Waals surface area contributed by atoms with E-state index in [1.54, 1.807) is 12.1 Å². The first-order valence-electron chi connectivity index (χ1n) is 12.2. The highest BCUT2D eigenvalue weighted by Crippen LogP contribution is 2.46. The lowest BCUT2D eigenvalue weighted by Crippen LogP contribution is -2.55. The molecule has 2 heterocycles. The van der Waals surface area contributed by atoms with Crippen LogP contribution in [0, 0.1) is 0 Å². The SMILES string of the molecule is OC[C@H]1O[C@H](c2ccc(Cl)c(Cc3ccc(C4COC5(CCCC5)C4)cc3)c2)[C@H](O)[C@@H](O)[C@@H]1O. The Balaban J connectivity index is 1.30. The molecule has 184 valence electrons. The van der Waals surface area contributed by atoms with Crippen molar-refractivity contribution in [1.29, 1.82) is 0 Å². The Hall–Kier alpha value is -1.51. The number of halogens is 1. The van der Waals surface area contributed by atoms with Gasteiger partial charge in [0.05, 0.1) is 18.8 Å². The first-order chi connectivity index (χ1) is 16.4. The Kier molecular flexibility index (Phi) is 7.02. The summed E-state index contributed by atoms with van der Waals surface area (Å²) in [7, 11) is 0. The van der Waals surface area contributed by atoms with Crippen LogP contribution in [0.5, 0.6) is 0 Å². The Labute approximate surface area is 205 Å². The van der Waals surface area contributed by atoms with Gasteiger partial charge in [-0.3, -0.25) is 0 Å². The van der Waals surface area contributed by atoms with Gasteiger partial charge in [0.2, 0.25) is 0 Å². The maximum absolute atomic E-state index is 10.5. The van der Waals surface area contributed by atoms with Crippen LogP contribution in [0.4, 0.5) is 0 Å². The largest absolute Gasteiger partial charge is 0.394 e. The van der Waals surface area contributed by atoms with Gasteiger partial charge in [-0.1, -0.05) is 60.8 Å². The molecule has 2 aliphatic heterocycles. The van der Waals surface area contributed by atoms with Crippen molar-refractivity contribution in [2.24, 2.45) is 0 Å². The van der Waals surface area contributed by atoms with Crippen LogP contribution in [0.1, 0.15) is 66.4 Å². The Morgan fingerprint density at radius 1 is 0.912 bits per heavy atom. The third-order valence-corrected chi connectivity index (χ3v) is 8.23. The molecule has 2 aromatic carbocycles. The van der Waals surface area contributed by atoms with E-state index < -0.39 is 37.1 Å². The summed E-state index contributed by atoms with van der Waals surface area (Å²) in [6.45, 7) is 0.341. The molecule has 5 rings (SSSR count). The van der Waals surface area contributed by atoms with Crippen molar-refractivity contribution in [2.75, 3.05) is 13.2 Å². The molecule has 1 aliphatic carbocycles. The van der Waals surface area contributed by atoms with Gasteiger partial charge in [0.1, 0.15) is 30.5 Å². The third-order valence-electron chi connectivity index (χ3n) is 7.86. The van der Waals surface area contributed by atoms with Gasteiger partial charge in [0.25, 0.3) is 0 Å². The number of ether oxygens (including phenoxy) is 2. The van der Waals surface area contributed by atoms with Crippen LogP contribution in [0.3, 0.4) is 0 Å². The monoisotopic (exact) mass is 488 g/mol. The normalized spacial score (nSPS) is 33.0. The van der Waals surface area contributed by atoms with Crippen LogP contribution in [-0.2, 0) is 15.9 Å². The molecular formula is C27H33ClO6. The van der Waals surface area contributed by atoms with Crippen molar-refractivity contribution in [2.45, 2.75) is 80.6 Å². The zero-order valence-corrected chi connectivity index (χ0v) is 19.9. The lowest BCUT2D eigenvalue weighted by Gasteiger charge is -2.40. The molecular weight excluding hydrogens is 456 g/mol. The van der Waals surface area contributed by atoms with E-state index in [4.69, 9.17) is 21.1 Å². The Morgan fingerprint density at radius 2 is 1.62 bits per heavy atom. The van der Waals surface area contributed by atoms with E-state index in [9.17, 15) is 20.4 Å². The molecule has 0 bridgehead atoms. The molecule has 1 saturated carbocycles. The molecule has 2 saturated heterocycles. The zero-order valence-electron chi connectivity index (χ0n) is 19.1. The van der Waals surface area contributed by atoms with Crippen molar-refractivity contribution in [3.8, 4) is 0 Å². The van der Waals surface area contributed by atoms with Gasteiger partial charge in [-0.15, -0.1) is 0 Å². The molecule has 0 radical (unpaired) electrons. The van der Waals surface area contributed by atoms with Gasteiger partial charge in [0.15, 0.2) is 0 Å². The molecule has 1 unspecified atom stereocenters. The Morgan fingerprint density at radius 3 is 2.32 bits per heavy atom. The van der Waals surface area contributed by atoms with Gasteiger partial charge >= 0.3 is 0 Å². The maximum atomic E-state index is 10.5. The number of aliphatic hydroxyl groups excluding tert-OH is 4. The molecule has 7 heteroatoms.